The van der Waals surface area contributed by atoms with E-state index in [9.17, 15) is 14.0 Å². The highest BCUT2D eigenvalue weighted by atomic mass is 79.9. The minimum Gasteiger partial charge on any atom is -0.491 e. The van der Waals surface area contributed by atoms with Gasteiger partial charge in [-0.2, -0.15) is 0 Å². The summed E-state index contributed by atoms with van der Waals surface area (Å²) < 4.78 is 20.7. The molecule has 3 atom stereocenters. The van der Waals surface area contributed by atoms with Gasteiger partial charge in [-0.25, -0.2) is 14.2 Å². The number of nitrogens with one attached hydrogen (secondary N) is 2. The van der Waals surface area contributed by atoms with Crippen molar-refractivity contribution in [3.8, 4) is 17.0 Å². The maximum Gasteiger partial charge on any atom is 0.325 e. The van der Waals surface area contributed by atoms with Crippen LogP contribution in [-0.4, -0.2) is 45.1 Å². The number of urea groups is 1. The molecule has 200 valence electrons. The number of aliphatic hydroxyl groups excluding tert-OH is 1. The molecule has 0 aliphatic carbocycles. The highest BCUT2D eigenvalue weighted by Crippen LogP contribution is 2.39. The van der Waals surface area contributed by atoms with Gasteiger partial charge in [0.15, 0.2) is 0 Å². The van der Waals surface area contributed by atoms with Crippen LogP contribution >= 0.6 is 15.9 Å². The lowest BCUT2D eigenvalue weighted by Gasteiger charge is -2.29. The van der Waals surface area contributed by atoms with Gasteiger partial charge in [-0.05, 0) is 41.5 Å². The quantitative estimate of drug-likeness (QED) is 0.223. The lowest BCUT2D eigenvalue weighted by Crippen LogP contribution is -2.38. The van der Waals surface area contributed by atoms with Crippen LogP contribution in [0, 0.1) is 5.82 Å². The van der Waals surface area contributed by atoms with Crippen LogP contribution in [0.2, 0.25) is 0 Å². The van der Waals surface area contributed by atoms with Gasteiger partial charge in [0, 0.05) is 16.0 Å². The monoisotopic (exact) mass is 592 g/mol. The van der Waals surface area contributed by atoms with E-state index in [4.69, 9.17) is 9.84 Å². The maximum absolute atomic E-state index is 14.7. The number of benzene rings is 3. The van der Waals surface area contributed by atoms with Crippen LogP contribution in [0.25, 0.3) is 11.3 Å². The summed E-state index contributed by atoms with van der Waals surface area (Å²) >= 11 is 3.27. The summed E-state index contributed by atoms with van der Waals surface area (Å²) in [5.41, 5.74) is 2.25. The minimum absolute atomic E-state index is 0.113. The number of aliphatic hydroxyl groups is 1. The molecule has 1 aliphatic heterocycles. The summed E-state index contributed by atoms with van der Waals surface area (Å²) in [5, 5.41) is 11.8. The number of aromatic amines is 1. The van der Waals surface area contributed by atoms with E-state index in [1.807, 2.05) is 37.3 Å². The molecule has 0 spiro atoms. The van der Waals surface area contributed by atoms with Crippen molar-refractivity contribution in [2.45, 2.75) is 24.9 Å². The highest BCUT2D eigenvalue weighted by Gasteiger charge is 2.46. The highest BCUT2D eigenvalue weighted by molar-refractivity contribution is 9.10. The van der Waals surface area contributed by atoms with Crippen LogP contribution in [0.15, 0.2) is 83.5 Å². The zero-order chi connectivity index (χ0) is 27.5. The molecule has 2 heterocycles. The van der Waals surface area contributed by atoms with E-state index >= 15 is 0 Å². The first-order valence-electron chi connectivity index (χ1n) is 12.4. The fraction of sp³-hybridized carbons (Fsp3) is 0.207. The molecule has 5 rings (SSSR count). The Bertz CT molecular complexity index is 1480. The van der Waals surface area contributed by atoms with Crippen LogP contribution in [0.1, 0.15) is 41.9 Å². The minimum atomic E-state index is -0.895. The zero-order valence-electron chi connectivity index (χ0n) is 21.0. The Kier molecular flexibility index (Phi) is 7.76. The van der Waals surface area contributed by atoms with E-state index in [2.05, 4.69) is 31.2 Å². The lowest BCUT2D eigenvalue weighted by atomic mass is 9.91. The van der Waals surface area contributed by atoms with E-state index in [1.54, 1.807) is 36.4 Å². The Labute approximate surface area is 233 Å². The number of aromatic nitrogens is 2. The van der Waals surface area contributed by atoms with Crippen molar-refractivity contribution in [1.82, 2.24) is 20.2 Å². The van der Waals surface area contributed by atoms with Crippen molar-refractivity contribution in [2.24, 2.45) is 0 Å². The third-order valence-electron chi connectivity index (χ3n) is 6.72. The number of hydrogen-bond acceptors (Lipinski definition) is 5. The molecule has 3 aromatic carbocycles. The Hall–Kier alpha value is -4.02. The summed E-state index contributed by atoms with van der Waals surface area (Å²) in [5.74, 6) is -0.290. The average molecular weight is 593 g/mol. The van der Waals surface area contributed by atoms with Crippen LogP contribution in [-0.2, 0) is 4.79 Å². The maximum atomic E-state index is 14.7. The Balaban J connectivity index is 1.50. The van der Waals surface area contributed by atoms with Crippen LogP contribution in [0.4, 0.5) is 9.18 Å². The number of carbonyl (C=O) groups is 2. The molecule has 1 aliphatic rings. The molecule has 1 saturated heterocycles. The summed E-state index contributed by atoms with van der Waals surface area (Å²) in [6, 6.07) is 18.8. The fourth-order valence-corrected chi connectivity index (χ4v) is 5.09. The normalized spacial score (nSPS) is 16.7. The molecular weight excluding hydrogens is 567 g/mol. The van der Waals surface area contributed by atoms with Gasteiger partial charge in [-0.3, -0.25) is 9.69 Å². The Morgan fingerprint density at radius 3 is 2.54 bits per heavy atom. The molecule has 3 N–H and O–H groups in total. The SMILES string of the molecule is C[C@@H](c1ccccc1)[C@@H](c1ncc(-c2ccc(Br)cc2F)[nH]1)N1C(=O)NC(c2ccc(OCCO)cc2)C1=O. The first-order chi connectivity index (χ1) is 18.9. The van der Waals surface area contributed by atoms with Gasteiger partial charge in [-0.15, -0.1) is 0 Å². The topological polar surface area (TPSA) is 108 Å². The molecule has 39 heavy (non-hydrogen) atoms. The van der Waals surface area contributed by atoms with Gasteiger partial charge in [0.1, 0.15) is 36.1 Å². The zero-order valence-corrected chi connectivity index (χ0v) is 22.6. The predicted octanol–water partition coefficient (Wildman–Crippen LogP) is 5.49. The van der Waals surface area contributed by atoms with E-state index < -0.39 is 29.8 Å². The second-order valence-corrected chi connectivity index (χ2v) is 10.1. The van der Waals surface area contributed by atoms with Crippen molar-refractivity contribution in [3.63, 3.8) is 0 Å². The second kappa shape index (κ2) is 11.4. The van der Waals surface area contributed by atoms with Gasteiger partial charge in [0.05, 0.1) is 18.5 Å². The summed E-state index contributed by atoms with van der Waals surface area (Å²) in [6.45, 7) is 1.96. The number of rotatable bonds is 9. The van der Waals surface area contributed by atoms with Crippen LogP contribution in [0.5, 0.6) is 5.75 Å². The number of amides is 3. The number of carbonyl (C=O) groups excluding carboxylic acids is 2. The molecule has 1 aromatic heterocycles. The van der Waals surface area contributed by atoms with Crippen molar-refractivity contribution in [3.05, 3.63) is 106 Å². The first kappa shape index (κ1) is 26.6. The molecule has 0 bridgehead atoms. The smallest absolute Gasteiger partial charge is 0.325 e. The number of imidazole rings is 1. The molecule has 10 heteroatoms. The predicted molar refractivity (Wildman–Crippen MR) is 146 cm³/mol. The number of hydrogen-bond donors (Lipinski definition) is 3. The summed E-state index contributed by atoms with van der Waals surface area (Å²) in [6.07, 6.45) is 1.51. The number of ether oxygens (including phenoxy) is 1. The number of halogens is 2. The molecule has 1 fully saturated rings. The third kappa shape index (κ3) is 5.43. The summed E-state index contributed by atoms with van der Waals surface area (Å²) in [4.78, 5) is 36.0. The molecule has 0 radical (unpaired) electrons. The van der Waals surface area contributed by atoms with E-state index in [-0.39, 0.29) is 19.1 Å². The molecule has 4 aromatic rings. The van der Waals surface area contributed by atoms with Crippen molar-refractivity contribution < 1.29 is 23.8 Å². The average Bonchev–Trinajstić information content (AvgIpc) is 3.53. The second-order valence-electron chi connectivity index (χ2n) is 9.18. The van der Waals surface area contributed by atoms with Gasteiger partial charge in [-0.1, -0.05) is 65.3 Å². The van der Waals surface area contributed by atoms with Crippen LogP contribution < -0.4 is 10.1 Å². The number of imide groups is 1. The van der Waals surface area contributed by atoms with Gasteiger partial charge in [0.25, 0.3) is 5.91 Å². The van der Waals surface area contributed by atoms with E-state index in [0.29, 0.717) is 32.9 Å². The molecule has 1 unspecified atom stereocenters. The summed E-state index contributed by atoms with van der Waals surface area (Å²) in [7, 11) is 0. The third-order valence-corrected chi connectivity index (χ3v) is 7.21. The fourth-order valence-electron chi connectivity index (χ4n) is 4.76. The van der Waals surface area contributed by atoms with Crippen molar-refractivity contribution in [1.29, 1.82) is 0 Å². The first-order valence-corrected chi connectivity index (χ1v) is 13.2. The van der Waals surface area contributed by atoms with Crippen molar-refractivity contribution >= 4 is 27.9 Å². The van der Waals surface area contributed by atoms with Gasteiger partial charge in [0.2, 0.25) is 0 Å². The largest absolute Gasteiger partial charge is 0.491 e. The Morgan fingerprint density at radius 2 is 1.85 bits per heavy atom. The van der Waals surface area contributed by atoms with Crippen molar-refractivity contribution in [2.75, 3.05) is 13.2 Å². The van der Waals surface area contributed by atoms with Crippen LogP contribution in [0.3, 0.4) is 0 Å². The lowest BCUT2D eigenvalue weighted by molar-refractivity contribution is -0.129. The molecule has 8 nitrogen and oxygen atoms in total. The Morgan fingerprint density at radius 1 is 1.10 bits per heavy atom. The molecular formula is C29H26BrFN4O4. The number of H-pyrrole nitrogens is 1. The standard InChI is InChI=1S/C29H26BrFN4O4/c1-17(18-5-3-2-4-6-18)26(27-32-16-24(33-27)22-12-9-20(30)15-23(22)31)35-28(37)25(34-29(35)38)19-7-10-21(11-8-19)39-14-13-36/h2-12,15-17,25-26,36H,13-14H2,1H3,(H,32,33)(H,34,38)/t17-,25?,26-/m0/s1. The molecule has 0 saturated carbocycles. The van der Waals surface area contributed by atoms with Gasteiger partial charge < -0.3 is 20.1 Å². The van der Waals surface area contributed by atoms with E-state index in [1.165, 1.54) is 17.2 Å². The van der Waals surface area contributed by atoms with E-state index in [0.717, 1.165) is 5.56 Å². The molecule has 3 amide bonds. The van der Waals surface area contributed by atoms with Gasteiger partial charge >= 0.3 is 6.03 Å². The number of nitrogens with zero attached hydrogens (tertiary/aromatic N) is 2.